The summed E-state index contributed by atoms with van der Waals surface area (Å²) in [6.45, 7) is 0.136. The number of benzene rings is 3. The molecule has 0 spiro atoms. The van der Waals surface area contributed by atoms with Gasteiger partial charge in [0.15, 0.2) is 24.0 Å². The predicted molar refractivity (Wildman–Crippen MR) is 112 cm³/mol. The van der Waals surface area contributed by atoms with E-state index in [4.69, 9.17) is 15.3 Å². The predicted octanol–water partition coefficient (Wildman–Crippen LogP) is 3.50. The Morgan fingerprint density at radius 1 is 0.935 bits per heavy atom. The van der Waals surface area contributed by atoms with Gasteiger partial charge < -0.3 is 20.6 Å². The van der Waals surface area contributed by atoms with Crippen molar-refractivity contribution >= 4 is 11.7 Å². The van der Waals surface area contributed by atoms with E-state index in [-0.39, 0.29) is 43.1 Å². The molecule has 3 N–H and O–H groups in total. The number of carbonyl (C=O) groups excluding carboxylic acids is 1. The lowest BCUT2D eigenvalue weighted by molar-refractivity contribution is -0.125. The molecule has 3 aromatic rings. The lowest BCUT2D eigenvalue weighted by atomic mass is 10.1. The van der Waals surface area contributed by atoms with E-state index in [1.807, 2.05) is 0 Å². The Hall–Kier alpha value is -3.94. The summed E-state index contributed by atoms with van der Waals surface area (Å²) in [5, 5.41) is 6.37. The van der Waals surface area contributed by atoms with Gasteiger partial charge in [-0.05, 0) is 35.4 Å². The van der Waals surface area contributed by atoms with Crippen LogP contribution in [0.3, 0.4) is 0 Å². The Balaban J connectivity index is 1.43. The largest absolute Gasteiger partial charge is 0.486 e. The van der Waals surface area contributed by atoms with Crippen molar-refractivity contribution in [3.05, 3.63) is 101 Å². The van der Waals surface area contributed by atoms with Gasteiger partial charge in [0.1, 0.15) is 12.4 Å². The van der Waals surface area contributed by atoms with Gasteiger partial charge in [-0.2, -0.15) is 0 Å². The molecule has 0 aliphatic carbocycles. The summed E-state index contributed by atoms with van der Waals surface area (Å²) in [4.78, 5) is 16.8. The molecule has 3 rings (SSSR count). The number of nitrogens with two attached hydrogens (primary N) is 1. The fourth-order valence-electron chi connectivity index (χ4n) is 2.56. The van der Waals surface area contributed by atoms with Crippen molar-refractivity contribution in [2.75, 3.05) is 6.61 Å². The molecule has 3 aromatic carbocycles. The molecule has 1 amide bonds. The third-order valence-electron chi connectivity index (χ3n) is 4.24. The molecule has 0 unspecified atom stereocenters. The van der Waals surface area contributed by atoms with Gasteiger partial charge in [0.05, 0.1) is 0 Å². The highest BCUT2D eigenvalue weighted by Gasteiger charge is 2.05. The average Bonchev–Trinajstić information content (AvgIpc) is 2.78. The van der Waals surface area contributed by atoms with E-state index in [1.165, 1.54) is 18.2 Å². The minimum absolute atomic E-state index is 0.105. The smallest absolute Gasteiger partial charge is 0.261 e. The van der Waals surface area contributed by atoms with Crippen LogP contribution in [0, 0.1) is 11.6 Å². The van der Waals surface area contributed by atoms with Gasteiger partial charge >= 0.3 is 0 Å². The number of nitrogens with zero attached hydrogens (tertiary/aromatic N) is 1. The molecule has 0 aliphatic rings. The molecule has 0 radical (unpaired) electrons. The monoisotopic (exact) mass is 425 g/mol. The van der Waals surface area contributed by atoms with E-state index in [2.05, 4.69) is 10.5 Å². The molecule has 31 heavy (non-hydrogen) atoms. The zero-order valence-corrected chi connectivity index (χ0v) is 16.6. The zero-order chi connectivity index (χ0) is 22.1. The van der Waals surface area contributed by atoms with Crippen LogP contribution in [0.15, 0.2) is 78.0 Å². The van der Waals surface area contributed by atoms with Crippen molar-refractivity contribution in [2.45, 2.75) is 13.2 Å². The Labute approximate surface area is 178 Å². The first-order valence-corrected chi connectivity index (χ1v) is 9.44. The quantitative estimate of drug-likeness (QED) is 0.312. The second-order valence-electron chi connectivity index (χ2n) is 6.57. The number of hydrogen-bond donors (Lipinski definition) is 2. The van der Waals surface area contributed by atoms with Gasteiger partial charge in [-0.15, -0.1) is 0 Å². The number of hydrogen-bond acceptors (Lipinski definition) is 4. The molecule has 0 heterocycles. The van der Waals surface area contributed by atoms with Crippen molar-refractivity contribution in [3.8, 4) is 5.75 Å². The number of carbonyl (C=O) groups is 1. The van der Waals surface area contributed by atoms with Crippen LogP contribution in [0.4, 0.5) is 8.78 Å². The molecule has 0 atom stereocenters. The normalized spacial score (nSPS) is 11.1. The summed E-state index contributed by atoms with van der Waals surface area (Å²) >= 11 is 0. The standard InChI is InChI=1S/C23H21F2N3O3/c24-19-11-7-16(8-12-19)13-27-22(29)15-31-28-23(26)18-9-5-17(6-10-18)14-30-21-4-2-1-3-20(21)25/h1-12H,13-15H2,(H2,26,28)(H,27,29). The van der Waals surface area contributed by atoms with Gasteiger partial charge in [0.2, 0.25) is 0 Å². The van der Waals surface area contributed by atoms with E-state index in [9.17, 15) is 13.6 Å². The van der Waals surface area contributed by atoms with Crippen LogP contribution in [0.2, 0.25) is 0 Å². The van der Waals surface area contributed by atoms with E-state index in [0.717, 1.165) is 11.1 Å². The van der Waals surface area contributed by atoms with Crippen LogP contribution < -0.4 is 15.8 Å². The molecule has 0 fully saturated rings. The van der Waals surface area contributed by atoms with Gasteiger partial charge in [0, 0.05) is 12.1 Å². The van der Waals surface area contributed by atoms with E-state index < -0.39 is 5.82 Å². The summed E-state index contributed by atoms with van der Waals surface area (Å²) < 4.78 is 31.9. The molecule has 0 aromatic heterocycles. The highest BCUT2D eigenvalue weighted by molar-refractivity contribution is 5.97. The number of oxime groups is 1. The van der Waals surface area contributed by atoms with E-state index in [0.29, 0.717) is 5.56 Å². The number of ether oxygens (including phenoxy) is 1. The van der Waals surface area contributed by atoms with Crippen LogP contribution in [0.25, 0.3) is 0 Å². The maximum absolute atomic E-state index is 13.6. The molecule has 0 bridgehead atoms. The first kappa shape index (κ1) is 21.8. The van der Waals surface area contributed by atoms with Crippen LogP contribution in [0.1, 0.15) is 16.7 Å². The molecular formula is C23H21F2N3O3. The van der Waals surface area contributed by atoms with Gasteiger partial charge in [-0.25, -0.2) is 8.78 Å². The maximum Gasteiger partial charge on any atom is 0.261 e. The molecule has 0 saturated carbocycles. The summed E-state index contributed by atoms with van der Waals surface area (Å²) in [5.41, 5.74) is 8.05. The first-order valence-electron chi connectivity index (χ1n) is 9.44. The van der Waals surface area contributed by atoms with Crippen molar-refractivity contribution in [2.24, 2.45) is 10.9 Å². The van der Waals surface area contributed by atoms with Crippen molar-refractivity contribution < 1.29 is 23.1 Å². The molecule has 6 nitrogen and oxygen atoms in total. The van der Waals surface area contributed by atoms with Crippen LogP contribution in [-0.2, 0) is 22.8 Å². The Bertz CT molecular complexity index is 1040. The van der Waals surface area contributed by atoms with Gasteiger partial charge in [0.25, 0.3) is 5.91 Å². The third kappa shape index (κ3) is 6.81. The molecule has 0 saturated heterocycles. The first-order chi connectivity index (χ1) is 15.0. The molecular weight excluding hydrogens is 404 g/mol. The van der Waals surface area contributed by atoms with Crippen LogP contribution in [0.5, 0.6) is 5.75 Å². The SMILES string of the molecule is N/C(=N\OCC(=O)NCc1ccc(F)cc1)c1ccc(COc2ccccc2F)cc1. The fourth-order valence-corrected chi connectivity index (χ4v) is 2.56. The summed E-state index contributed by atoms with van der Waals surface area (Å²) in [7, 11) is 0. The van der Waals surface area contributed by atoms with E-state index >= 15 is 0 Å². The number of halogens is 2. The van der Waals surface area contributed by atoms with E-state index in [1.54, 1.807) is 54.6 Å². The topological polar surface area (TPSA) is 85.9 Å². The Kier molecular flexibility index (Phi) is 7.53. The van der Waals surface area contributed by atoms with Crippen molar-refractivity contribution in [3.63, 3.8) is 0 Å². The summed E-state index contributed by atoms with van der Waals surface area (Å²) in [5.74, 6) is -0.864. The molecule has 0 aliphatic heterocycles. The highest BCUT2D eigenvalue weighted by atomic mass is 19.1. The lowest BCUT2D eigenvalue weighted by Gasteiger charge is -2.08. The second-order valence-corrected chi connectivity index (χ2v) is 6.57. The minimum Gasteiger partial charge on any atom is -0.486 e. The van der Waals surface area contributed by atoms with Gasteiger partial charge in [-0.3, -0.25) is 4.79 Å². The number of nitrogens with one attached hydrogen (secondary N) is 1. The number of amides is 1. The minimum atomic E-state index is -0.422. The summed E-state index contributed by atoms with van der Waals surface area (Å²) in [6, 6.07) is 19.0. The Morgan fingerprint density at radius 2 is 1.61 bits per heavy atom. The molecule has 8 heteroatoms. The third-order valence-corrected chi connectivity index (χ3v) is 4.24. The zero-order valence-electron chi connectivity index (χ0n) is 16.6. The number of amidine groups is 1. The van der Waals surface area contributed by atoms with Crippen LogP contribution >= 0.6 is 0 Å². The fraction of sp³-hybridized carbons (Fsp3) is 0.130. The summed E-state index contributed by atoms with van der Waals surface area (Å²) in [6.07, 6.45) is 0. The highest BCUT2D eigenvalue weighted by Crippen LogP contribution is 2.17. The van der Waals surface area contributed by atoms with Crippen molar-refractivity contribution in [1.82, 2.24) is 5.32 Å². The Morgan fingerprint density at radius 3 is 2.32 bits per heavy atom. The van der Waals surface area contributed by atoms with Crippen molar-refractivity contribution in [1.29, 1.82) is 0 Å². The van der Waals surface area contributed by atoms with Crippen LogP contribution in [-0.4, -0.2) is 18.3 Å². The number of rotatable bonds is 9. The maximum atomic E-state index is 13.6. The lowest BCUT2D eigenvalue weighted by Crippen LogP contribution is -2.27. The molecule has 160 valence electrons. The second kappa shape index (κ2) is 10.7. The average molecular weight is 425 g/mol. The van der Waals surface area contributed by atoms with Gasteiger partial charge in [-0.1, -0.05) is 53.7 Å². The number of para-hydroxylation sites is 1.